The van der Waals surface area contributed by atoms with Crippen LogP contribution in [0.15, 0.2) is 0 Å². The van der Waals surface area contributed by atoms with Gasteiger partial charge in [-0.15, -0.1) is 0 Å². The number of hydrogen-bond donors (Lipinski definition) is 2. The minimum absolute atomic E-state index is 0.0813. The Morgan fingerprint density at radius 3 is 2.73 bits per heavy atom. The van der Waals surface area contributed by atoms with Gasteiger partial charge in [0.15, 0.2) is 0 Å². The molecule has 0 aromatic rings. The van der Waals surface area contributed by atoms with Crippen molar-refractivity contribution in [1.82, 2.24) is 5.32 Å². The molecule has 1 spiro atoms. The summed E-state index contributed by atoms with van der Waals surface area (Å²) in [6.07, 6.45) is 2.68. The van der Waals surface area contributed by atoms with Crippen molar-refractivity contribution in [1.29, 1.82) is 0 Å². The van der Waals surface area contributed by atoms with E-state index in [-0.39, 0.29) is 23.5 Å². The van der Waals surface area contributed by atoms with Gasteiger partial charge in [-0.3, -0.25) is 4.79 Å². The fourth-order valence-electron chi connectivity index (χ4n) is 2.70. The normalized spacial score (nSPS) is 33.5. The highest BCUT2D eigenvalue weighted by molar-refractivity contribution is 5.76. The molecule has 0 radical (unpaired) electrons. The highest BCUT2D eigenvalue weighted by Gasteiger charge is 2.55. The van der Waals surface area contributed by atoms with Crippen molar-refractivity contribution in [3.05, 3.63) is 0 Å². The molecule has 15 heavy (non-hydrogen) atoms. The second kappa shape index (κ2) is 4.10. The van der Waals surface area contributed by atoms with E-state index in [0.717, 1.165) is 12.8 Å². The van der Waals surface area contributed by atoms with Crippen molar-refractivity contribution in [2.24, 2.45) is 5.41 Å². The van der Waals surface area contributed by atoms with E-state index in [2.05, 4.69) is 5.32 Å². The van der Waals surface area contributed by atoms with Crippen molar-refractivity contribution >= 4 is 5.91 Å². The van der Waals surface area contributed by atoms with Gasteiger partial charge in [0.2, 0.25) is 5.91 Å². The fourth-order valence-corrected chi connectivity index (χ4v) is 2.70. The third kappa shape index (κ3) is 1.76. The van der Waals surface area contributed by atoms with Crippen molar-refractivity contribution in [2.45, 2.75) is 44.8 Å². The number of amides is 1. The minimum Gasteiger partial charge on any atom is -0.392 e. The van der Waals surface area contributed by atoms with E-state index in [1.165, 1.54) is 0 Å². The molecule has 2 rings (SSSR count). The van der Waals surface area contributed by atoms with E-state index in [1.807, 2.05) is 6.92 Å². The van der Waals surface area contributed by atoms with Crippen LogP contribution < -0.4 is 5.32 Å². The van der Waals surface area contributed by atoms with Crippen LogP contribution in [0.1, 0.15) is 32.6 Å². The molecule has 2 fully saturated rings. The van der Waals surface area contributed by atoms with E-state index in [9.17, 15) is 9.90 Å². The van der Waals surface area contributed by atoms with Crippen LogP contribution in [-0.4, -0.2) is 36.4 Å². The summed E-state index contributed by atoms with van der Waals surface area (Å²) in [5, 5.41) is 12.9. The molecule has 0 unspecified atom stereocenters. The average Bonchev–Trinajstić information content (AvgIpc) is 2.29. The number of carbonyl (C=O) groups excluding carboxylic acids is 1. The summed E-state index contributed by atoms with van der Waals surface area (Å²) in [6, 6.07) is 0.156. The lowest BCUT2D eigenvalue weighted by atomic mass is 9.58. The molecule has 1 saturated heterocycles. The maximum atomic E-state index is 11.3. The molecule has 2 atom stereocenters. The maximum Gasteiger partial charge on any atom is 0.219 e. The Morgan fingerprint density at radius 1 is 1.53 bits per heavy atom. The van der Waals surface area contributed by atoms with Crippen molar-refractivity contribution in [3.63, 3.8) is 0 Å². The van der Waals surface area contributed by atoms with Gasteiger partial charge in [0.1, 0.15) is 0 Å². The second-order valence-corrected chi connectivity index (χ2v) is 4.57. The van der Waals surface area contributed by atoms with E-state index < -0.39 is 0 Å². The van der Waals surface area contributed by atoms with Crippen LogP contribution in [0.5, 0.6) is 0 Å². The summed E-state index contributed by atoms with van der Waals surface area (Å²) in [4.78, 5) is 11.3. The van der Waals surface area contributed by atoms with Gasteiger partial charge >= 0.3 is 0 Å². The van der Waals surface area contributed by atoms with E-state index >= 15 is 0 Å². The Labute approximate surface area is 90.0 Å². The molecule has 2 aliphatic rings. The second-order valence-electron chi connectivity index (χ2n) is 4.57. The summed E-state index contributed by atoms with van der Waals surface area (Å²) in [7, 11) is 0. The Balaban J connectivity index is 1.98. The van der Waals surface area contributed by atoms with Gasteiger partial charge in [0.05, 0.1) is 6.10 Å². The number of rotatable bonds is 2. The molecule has 0 aromatic heterocycles. The van der Waals surface area contributed by atoms with Crippen LogP contribution in [0.3, 0.4) is 0 Å². The summed E-state index contributed by atoms with van der Waals surface area (Å²) in [5.41, 5.74) is -0.0942. The predicted molar refractivity (Wildman–Crippen MR) is 55.3 cm³/mol. The molecule has 1 saturated carbocycles. The van der Waals surface area contributed by atoms with Crippen LogP contribution in [0.25, 0.3) is 0 Å². The number of carbonyl (C=O) groups is 1. The standard InChI is InChI=1S/C11H19NO3/c1-2-10(14)12-8-7-9(13)11(8)3-5-15-6-4-11/h8-9,13H,2-7H2,1H3,(H,12,14)/t8-,9-/m0/s1. The number of nitrogens with one attached hydrogen (secondary N) is 1. The predicted octanol–water partition coefficient (Wildman–Crippen LogP) is 0.443. The van der Waals surface area contributed by atoms with Gasteiger partial charge < -0.3 is 15.2 Å². The van der Waals surface area contributed by atoms with Gasteiger partial charge in [0.25, 0.3) is 0 Å². The van der Waals surface area contributed by atoms with Gasteiger partial charge in [-0.2, -0.15) is 0 Å². The number of aliphatic hydroxyl groups excluding tert-OH is 1. The molecular formula is C11H19NO3. The third-order valence-electron chi connectivity index (χ3n) is 3.90. The molecule has 4 nitrogen and oxygen atoms in total. The molecule has 2 N–H and O–H groups in total. The highest BCUT2D eigenvalue weighted by atomic mass is 16.5. The molecule has 1 aliphatic heterocycles. The number of ether oxygens (including phenoxy) is 1. The fraction of sp³-hybridized carbons (Fsp3) is 0.909. The Kier molecular flexibility index (Phi) is 2.98. The van der Waals surface area contributed by atoms with Gasteiger partial charge in [0, 0.05) is 31.1 Å². The molecule has 86 valence electrons. The lowest BCUT2D eigenvalue weighted by Gasteiger charge is -2.55. The van der Waals surface area contributed by atoms with Crippen LogP contribution in [0.4, 0.5) is 0 Å². The molecule has 0 aromatic carbocycles. The van der Waals surface area contributed by atoms with Crippen LogP contribution >= 0.6 is 0 Å². The molecule has 4 heteroatoms. The zero-order valence-corrected chi connectivity index (χ0v) is 9.16. The van der Waals surface area contributed by atoms with Crippen LogP contribution in [-0.2, 0) is 9.53 Å². The monoisotopic (exact) mass is 213 g/mol. The third-order valence-corrected chi connectivity index (χ3v) is 3.90. The molecule has 0 bridgehead atoms. The Morgan fingerprint density at radius 2 is 2.20 bits per heavy atom. The van der Waals surface area contributed by atoms with E-state index in [1.54, 1.807) is 0 Å². The van der Waals surface area contributed by atoms with Gasteiger partial charge in [-0.1, -0.05) is 6.92 Å². The van der Waals surface area contributed by atoms with E-state index in [0.29, 0.717) is 26.1 Å². The molecule has 1 amide bonds. The first kappa shape index (κ1) is 10.9. The largest absolute Gasteiger partial charge is 0.392 e. The topological polar surface area (TPSA) is 58.6 Å². The van der Waals surface area contributed by atoms with Crippen LogP contribution in [0, 0.1) is 5.41 Å². The van der Waals surface area contributed by atoms with E-state index in [4.69, 9.17) is 4.74 Å². The summed E-state index contributed by atoms with van der Waals surface area (Å²) < 4.78 is 5.30. The van der Waals surface area contributed by atoms with Crippen molar-refractivity contribution in [2.75, 3.05) is 13.2 Å². The Bertz CT molecular complexity index is 248. The number of hydrogen-bond acceptors (Lipinski definition) is 3. The highest BCUT2D eigenvalue weighted by Crippen LogP contribution is 2.48. The lowest BCUT2D eigenvalue weighted by Crippen LogP contribution is -2.65. The maximum absolute atomic E-state index is 11.3. The quantitative estimate of drug-likeness (QED) is 0.700. The van der Waals surface area contributed by atoms with Crippen molar-refractivity contribution < 1.29 is 14.6 Å². The first-order chi connectivity index (χ1) is 7.19. The first-order valence-electron chi connectivity index (χ1n) is 5.74. The first-order valence-corrected chi connectivity index (χ1v) is 5.74. The van der Waals surface area contributed by atoms with Gasteiger partial charge in [-0.25, -0.2) is 0 Å². The SMILES string of the molecule is CCC(=O)N[C@H]1C[C@H](O)C12CCOCC2. The smallest absolute Gasteiger partial charge is 0.219 e. The lowest BCUT2D eigenvalue weighted by molar-refractivity contribution is -0.155. The zero-order chi connectivity index (χ0) is 10.9. The molecule has 1 heterocycles. The summed E-state index contributed by atoms with van der Waals surface area (Å²) >= 11 is 0. The Hall–Kier alpha value is -0.610. The van der Waals surface area contributed by atoms with Gasteiger partial charge in [-0.05, 0) is 19.3 Å². The number of aliphatic hydroxyl groups is 1. The summed E-state index contributed by atoms with van der Waals surface area (Å²) in [5.74, 6) is 0.0813. The minimum atomic E-state index is -0.261. The molecule has 1 aliphatic carbocycles. The van der Waals surface area contributed by atoms with Crippen LogP contribution in [0.2, 0.25) is 0 Å². The average molecular weight is 213 g/mol. The van der Waals surface area contributed by atoms with Crippen molar-refractivity contribution in [3.8, 4) is 0 Å². The summed E-state index contributed by atoms with van der Waals surface area (Å²) in [6.45, 7) is 3.26. The molecular weight excluding hydrogens is 194 g/mol. The zero-order valence-electron chi connectivity index (χ0n) is 9.16.